The van der Waals surface area contributed by atoms with E-state index in [9.17, 15) is 0 Å². The van der Waals surface area contributed by atoms with Crippen molar-refractivity contribution in [2.75, 3.05) is 6.54 Å². The van der Waals surface area contributed by atoms with Crippen LogP contribution in [-0.4, -0.2) is 18.5 Å². The van der Waals surface area contributed by atoms with Gasteiger partial charge in [0, 0.05) is 11.0 Å². The number of furan rings is 1. The summed E-state index contributed by atoms with van der Waals surface area (Å²) in [6, 6.07) is 10.00. The van der Waals surface area contributed by atoms with Crippen molar-refractivity contribution < 1.29 is 9.25 Å². The van der Waals surface area contributed by atoms with Crippen LogP contribution in [0.15, 0.2) is 51.6 Å². The molecule has 0 aliphatic carbocycles. The minimum absolute atomic E-state index is 0.120. The fourth-order valence-electron chi connectivity index (χ4n) is 2.57. The Balaban J connectivity index is 1.77. The summed E-state index contributed by atoms with van der Waals surface area (Å²) in [5, 5.41) is 8.60. The van der Waals surface area contributed by atoms with Crippen molar-refractivity contribution in [2.24, 2.45) is 5.16 Å². The van der Waals surface area contributed by atoms with Gasteiger partial charge in [-0.3, -0.25) is 5.32 Å². The van der Waals surface area contributed by atoms with E-state index in [1.54, 1.807) is 0 Å². The average molecular weight is 254 g/mol. The highest BCUT2D eigenvalue weighted by Crippen LogP contribution is 2.27. The Hall–Kier alpha value is -2.07. The van der Waals surface area contributed by atoms with Crippen molar-refractivity contribution in [3.63, 3.8) is 0 Å². The predicted molar refractivity (Wildman–Crippen MR) is 72.9 cm³/mol. The van der Waals surface area contributed by atoms with Crippen LogP contribution in [0.2, 0.25) is 0 Å². The molecule has 0 spiro atoms. The predicted octanol–water partition coefficient (Wildman–Crippen LogP) is 2.80. The van der Waals surface area contributed by atoms with Crippen LogP contribution in [0.5, 0.6) is 0 Å². The summed E-state index contributed by atoms with van der Waals surface area (Å²) in [6.07, 6.45) is 4.24. The third kappa shape index (κ3) is 1.76. The number of nitrogens with zero attached hydrogens (tertiary/aromatic N) is 1. The second kappa shape index (κ2) is 4.24. The number of nitrogens with one attached hydrogen (secondary N) is 1. The third-order valence-corrected chi connectivity index (χ3v) is 3.54. The number of oxime groups is 1. The van der Waals surface area contributed by atoms with Gasteiger partial charge in [0.1, 0.15) is 5.58 Å². The molecule has 4 heteroatoms. The molecule has 0 bridgehead atoms. The molecule has 0 saturated heterocycles. The molecule has 0 saturated carbocycles. The fraction of sp³-hybridized carbons (Fsp3) is 0.267. The highest BCUT2D eigenvalue weighted by atomic mass is 16.7. The maximum atomic E-state index is 5.86. The standard InChI is InChI=1S/C15H14N2O2/c1-2-7-12-10(5-1)9-13(18-12)14-11-6-3-4-8-16-15(11)19-17-14/h1-2,5-7,9,15-16H,3-4,8H2. The molecule has 1 unspecified atom stereocenters. The Bertz CT molecular complexity index is 651. The smallest absolute Gasteiger partial charge is 0.206 e. The van der Waals surface area contributed by atoms with Crippen molar-refractivity contribution in [3.05, 3.63) is 47.7 Å². The van der Waals surface area contributed by atoms with Gasteiger partial charge in [0.05, 0.1) is 0 Å². The zero-order chi connectivity index (χ0) is 12.7. The van der Waals surface area contributed by atoms with Crippen molar-refractivity contribution >= 4 is 16.7 Å². The Morgan fingerprint density at radius 2 is 2.21 bits per heavy atom. The van der Waals surface area contributed by atoms with Crippen molar-refractivity contribution in [1.29, 1.82) is 0 Å². The first kappa shape index (κ1) is 10.8. The van der Waals surface area contributed by atoms with Crippen LogP contribution < -0.4 is 5.32 Å². The van der Waals surface area contributed by atoms with Gasteiger partial charge in [0.25, 0.3) is 0 Å². The van der Waals surface area contributed by atoms with Crippen LogP contribution in [0, 0.1) is 0 Å². The maximum absolute atomic E-state index is 5.86. The van der Waals surface area contributed by atoms with Crippen LogP contribution in [-0.2, 0) is 4.84 Å². The lowest BCUT2D eigenvalue weighted by atomic mass is 10.1. The first-order chi connectivity index (χ1) is 9.42. The summed E-state index contributed by atoms with van der Waals surface area (Å²) in [4.78, 5) is 5.45. The van der Waals surface area contributed by atoms with Gasteiger partial charge in [-0.2, -0.15) is 0 Å². The molecular formula is C15H14N2O2. The first-order valence-electron chi connectivity index (χ1n) is 6.58. The van der Waals surface area contributed by atoms with E-state index in [0.29, 0.717) is 0 Å². The molecule has 2 aliphatic heterocycles. The Morgan fingerprint density at radius 3 is 3.16 bits per heavy atom. The molecule has 2 aliphatic rings. The van der Waals surface area contributed by atoms with E-state index in [1.807, 2.05) is 30.3 Å². The van der Waals surface area contributed by atoms with Crippen LogP contribution in [0.4, 0.5) is 0 Å². The van der Waals surface area contributed by atoms with E-state index in [0.717, 1.165) is 47.4 Å². The highest BCUT2D eigenvalue weighted by Gasteiger charge is 2.31. The molecule has 3 heterocycles. The van der Waals surface area contributed by atoms with Gasteiger partial charge in [-0.25, -0.2) is 0 Å². The van der Waals surface area contributed by atoms with E-state index in [2.05, 4.69) is 16.5 Å². The molecule has 0 radical (unpaired) electrons. The van der Waals surface area contributed by atoms with E-state index in [4.69, 9.17) is 9.25 Å². The minimum Gasteiger partial charge on any atom is -0.454 e. The molecule has 1 atom stereocenters. The SMILES string of the molecule is C1=C2C(c3cc4ccccc4o3)=NOC2NCCC1. The fourth-order valence-corrected chi connectivity index (χ4v) is 2.57. The zero-order valence-corrected chi connectivity index (χ0v) is 10.4. The van der Waals surface area contributed by atoms with Crippen LogP contribution >= 0.6 is 0 Å². The summed E-state index contributed by atoms with van der Waals surface area (Å²) in [5.41, 5.74) is 2.79. The van der Waals surface area contributed by atoms with Gasteiger partial charge in [0.2, 0.25) is 6.23 Å². The van der Waals surface area contributed by atoms with Gasteiger partial charge >= 0.3 is 0 Å². The van der Waals surface area contributed by atoms with Gasteiger partial charge < -0.3 is 9.25 Å². The van der Waals surface area contributed by atoms with E-state index in [1.165, 1.54) is 0 Å². The average Bonchev–Trinajstić information content (AvgIpc) is 2.96. The van der Waals surface area contributed by atoms with Crippen molar-refractivity contribution in [1.82, 2.24) is 5.32 Å². The topological polar surface area (TPSA) is 46.8 Å². The van der Waals surface area contributed by atoms with Crippen LogP contribution in [0.1, 0.15) is 18.6 Å². The van der Waals surface area contributed by atoms with Gasteiger partial charge in [-0.05, 0) is 31.5 Å². The second-order valence-corrected chi connectivity index (χ2v) is 4.83. The van der Waals surface area contributed by atoms with E-state index >= 15 is 0 Å². The lowest BCUT2D eigenvalue weighted by Gasteiger charge is -2.09. The van der Waals surface area contributed by atoms with Crippen molar-refractivity contribution in [3.8, 4) is 0 Å². The summed E-state index contributed by atoms with van der Waals surface area (Å²) in [5.74, 6) is 0.777. The molecule has 1 aromatic heterocycles. The molecule has 0 fully saturated rings. The number of hydrogen-bond acceptors (Lipinski definition) is 4. The largest absolute Gasteiger partial charge is 0.454 e. The van der Waals surface area contributed by atoms with E-state index < -0.39 is 0 Å². The van der Waals surface area contributed by atoms with Crippen LogP contribution in [0.25, 0.3) is 11.0 Å². The molecule has 4 rings (SSSR count). The number of allylic oxidation sites excluding steroid dienone is 1. The molecule has 1 N–H and O–H groups in total. The Morgan fingerprint density at radius 1 is 1.26 bits per heavy atom. The molecule has 19 heavy (non-hydrogen) atoms. The normalized spacial score (nSPS) is 22.4. The number of para-hydroxylation sites is 1. The lowest BCUT2D eigenvalue weighted by Crippen LogP contribution is -2.30. The van der Waals surface area contributed by atoms with Gasteiger partial charge in [-0.15, -0.1) is 0 Å². The van der Waals surface area contributed by atoms with Crippen LogP contribution in [0.3, 0.4) is 0 Å². The lowest BCUT2D eigenvalue weighted by molar-refractivity contribution is 0.0808. The van der Waals surface area contributed by atoms with Gasteiger partial charge in [0.15, 0.2) is 11.5 Å². The molecule has 2 aromatic rings. The highest BCUT2D eigenvalue weighted by molar-refractivity contribution is 6.13. The Kier molecular flexibility index (Phi) is 2.42. The molecular weight excluding hydrogens is 240 g/mol. The van der Waals surface area contributed by atoms with Gasteiger partial charge in [-0.1, -0.05) is 29.4 Å². The molecule has 96 valence electrons. The summed E-state index contributed by atoms with van der Waals surface area (Å²) < 4.78 is 5.86. The number of benzene rings is 1. The zero-order valence-electron chi connectivity index (χ0n) is 10.4. The molecule has 1 aromatic carbocycles. The Labute approximate surface area is 110 Å². The number of hydrogen-bond donors (Lipinski definition) is 1. The van der Waals surface area contributed by atoms with Crippen molar-refractivity contribution in [2.45, 2.75) is 19.1 Å². The molecule has 0 amide bonds. The summed E-state index contributed by atoms with van der Waals surface area (Å²) >= 11 is 0. The minimum atomic E-state index is -0.120. The quantitative estimate of drug-likeness (QED) is 0.851. The maximum Gasteiger partial charge on any atom is 0.206 e. The second-order valence-electron chi connectivity index (χ2n) is 4.83. The monoisotopic (exact) mass is 254 g/mol. The molecule has 4 nitrogen and oxygen atoms in total. The summed E-state index contributed by atoms with van der Waals surface area (Å²) in [7, 11) is 0. The number of fused-ring (bicyclic) bond motifs is 2. The summed E-state index contributed by atoms with van der Waals surface area (Å²) in [6.45, 7) is 0.952. The van der Waals surface area contributed by atoms with E-state index in [-0.39, 0.29) is 6.23 Å². The first-order valence-corrected chi connectivity index (χ1v) is 6.58. The number of rotatable bonds is 1. The third-order valence-electron chi connectivity index (χ3n) is 3.54.